The van der Waals surface area contributed by atoms with E-state index in [1.165, 1.54) is 10.9 Å². The van der Waals surface area contributed by atoms with Gasteiger partial charge in [0.1, 0.15) is 4.47 Å². The van der Waals surface area contributed by atoms with E-state index >= 15 is 0 Å². The minimum atomic E-state index is -0.897. The van der Waals surface area contributed by atoms with Crippen molar-refractivity contribution in [3.63, 3.8) is 0 Å². The highest BCUT2D eigenvalue weighted by Crippen LogP contribution is 2.20. The van der Waals surface area contributed by atoms with E-state index in [9.17, 15) is 15.0 Å². The van der Waals surface area contributed by atoms with E-state index < -0.39 is 5.54 Å². The van der Waals surface area contributed by atoms with Gasteiger partial charge in [-0.1, -0.05) is 13.3 Å². The molecule has 0 atom stereocenters. The van der Waals surface area contributed by atoms with E-state index in [0.717, 1.165) is 12.8 Å². The first-order valence-corrected chi connectivity index (χ1v) is 7.02. The lowest BCUT2D eigenvalue weighted by molar-refractivity contribution is 0.147. The fraction of sp³-hybridized carbons (Fsp3) is 0.667. The van der Waals surface area contributed by atoms with Crippen LogP contribution in [0.15, 0.2) is 15.5 Å². The average Bonchev–Trinajstić information content (AvgIpc) is 2.43. The molecule has 0 radical (unpaired) electrons. The van der Waals surface area contributed by atoms with Crippen LogP contribution in [0.4, 0.5) is 5.69 Å². The van der Waals surface area contributed by atoms with Gasteiger partial charge in [-0.2, -0.15) is 5.10 Å². The summed E-state index contributed by atoms with van der Waals surface area (Å²) in [6.07, 6.45) is 3.39. The molecular weight excluding hydrogens is 314 g/mol. The van der Waals surface area contributed by atoms with Crippen molar-refractivity contribution in [3.05, 3.63) is 21.0 Å². The van der Waals surface area contributed by atoms with Crippen LogP contribution in [0.25, 0.3) is 0 Å². The summed E-state index contributed by atoms with van der Waals surface area (Å²) >= 11 is 3.23. The largest absolute Gasteiger partial charge is 0.394 e. The molecule has 0 amide bonds. The molecule has 0 aliphatic rings. The molecule has 6 nitrogen and oxygen atoms in total. The van der Waals surface area contributed by atoms with Crippen molar-refractivity contribution in [1.29, 1.82) is 0 Å². The fourth-order valence-electron chi connectivity index (χ4n) is 1.47. The summed E-state index contributed by atoms with van der Waals surface area (Å²) < 4.78 is 1.75. The predicted octanol–water partition coefficient (Wildman–Crippen LogP) is 0.961. The summed E-state index contributed by atoms with van der Waals surface area (Å²) in [7, 11) is 0. The maximum Gasteiger partial charge on any atom is 0.283 e. The molecule has 1 heterocycles. The van der Waals surface area contributed by atoms with Crippen LogP contribution in [0.5, 0.6) is 0 Å². The molecule has 108 valence electrons. The number of hydrogen-bond acceptors (Lipinski definition) is 5. The zero-order chi connectivity index (χ0) is 14.5. The van der Waals surface area contributed by atoms with Gasteiger partial charge in [-0.25, -0.2) is 4.68 Å². The molecule has 3 N–H and O–H groups in total. The third-order valence-electron chi connectivity index (χ3n) is 2.84. The Balaban J connectivity index is 2.99. The maximum atomic E-state index is 12.0. The highest BCUT2D eigenvalue weighted by Gasteiger charge is 2.23. The Kier molecular flexibility index (Phi) is 5.96. The molecule has 0 unspecified atom stereocenters. The minimum Gasteiger partial charge on any atom is -0.394 e. The molecule has 1 aromatic rings. The predicted molar refractivity (Wildman–Crippen MR) is 77.3 cm³/mol. The van der Waals surface area contributed by atoms with Crippen LogP contribution in [0, 0.1) is 0 Å². The van der Waals surface area contributed by atoms with Crippen molar-refractivity contribution in [2.45, 2.75) is 38.8 Å². The third-order valence-corrected chi connectivity index (χ3v) is 3.61. The molecule has 0 spiro atoms. The van der Waals surface area contributed by atoms with Crippen molar-refractivity contribution < 1.29 is 10.2 Å². The van der Waals surface area contributed by atoms with E-state index in [0.29, 0.717) is 16.7 Å². The topological polar surface area (TPSA) is 87.4 Å². The fourth-order valence-corrected chi connectivity index (χ4v) is 1.88. The van der Waals surface area contributed by atoms with Crippen molar-refractivity contribution in [2.24, 2.45) is 0 Å². The van der Waals surface area contributed by atoms with Gasteiger partial charge in [0, 0.05) is 6.54 Å². The van der Waals surface area contributed by atoms with E-state index in [4.69, 9.17) is 0 Å². The first-order chi connectivity index (χ1) is 8.97. The van der Waals surface area contributed by atoms with Gasteiger partial charge in [0.25, 0.3) is 5.56 Å². The Labute approximate surface area is 120 Å². The summed E-state index contributed by atoms with van der Waals surface area (Å²) in [5, 5.41) is 25.5. The summed E-state index contributed by atoms with van der Waals surface area (Å²) in [5.41, 5.74) is -0.660. The number of aliphatic hydroxyl groups is 2. The normalized spacial score (nSPS) is 11.6. The van der Waals surface area contributed by atoms with Gasteiger partial charge in [-0.15, -0.1) is 0 Å². The molecule has 1 rings (SSSR count). The lowest BCUT2D eigenvalue weighted by atomic mass is 10.1. The molecular formula is C12H20BrN3O3. The van der Waals surface area contributed by atoms with Gasteiger partial charge in [-0.3, -0.25) is 4.79 Å². The first kappa shape index (κ1) is 16.1. The number of hydrogen-bond donors (Lipinski definition) is 3. The van der Waals surface area contributed by atoms with Crippen molar-refractivity contribution >= 4 is 21.6 Å². The van der Waals surface area contributed by atoms with Gasteiger partial charge in [0.05, 0.1) is 30.6 Å². The van der Waals surface area contributed by atoms with Crippen LogP contribution >= 0.6 is 15.9 Å². The second-order valence-electron chi connectivity index (χ2n) is 4.76. The standard InChI is InChI=1S/C12H20BrN3O3/c1-3-4-5-16-11(19)10(13)9(6-14-16)15-12(2,7-17)8-18/h6,15,17-18H,3-5,7-8H2,1-2H3. The number of nitrogens with one attached hydrogen (secondary N) is 1. The van der Waals surface area contributed by atoms with E-state index in [1.807, 2.05) is 6.92 Å². The molecule has 0 aromatic carbocycles. The summed E-state index contributed by atoms with van der Waals surface area (Å²) in [4.78, 5) is 12.0. The quantitative estimate of drug-likeness (QED) is 0.691. The van der Waals surface area contributed by atoms with Crippen LogP contribution in [0.1, 0.15) is 26.7 Å². The average molecular weight is 334 g/mol. The molecule has 0 fully saturated rings. The Bertz CT molecular complexity index is 472. The molecule has 0 saturated heterocycles. The second kappa shape index (κ2) is 7.02. The summed E-state index contributed by atoms with van der Waals surface area (Å²) in [6.45, 7) is 3.77. The maximum absolute atomic E-state index is 12.0. The van der Waals surface area contributed by atoms with Crippen LogP contribution < -0.4 is 10.9 Å². The van der Waals surface area contributed by atoms with E-state index in [-0.39, 0.29) is 18.8 Å². The van der Waals surface area contributed by atoms with E-state index in [2.05, 4.69) is 26.3 Å². The van der Waals surface area contributed by atoms with Crippen LogP contribution in [0.3, 0.4) is 0 Å². The smallest absolute Gasteiger partial charge is 0.283 e. The number of nitrogens with zero attached hydrogens (tertiary/aromatic N) is 2. The van der Waals surface area contributed by atoms with Gasteiger partial charge in [-0.05, 0) is 29.3 Å². The number of aryl methyl sites for hydroxylation is 1. The van der Waals surface area contributed by atoms with Gasteiger partial charge >= 0.3 is 0 Å². The SMILES string of the molecule is CCCCn1ncc(NC(C)(CO)CO)c(Br)c1=O. The number of aliphatic hydroxyl groups excluding tert-OH is 2. The zero-order valence-electron chi connectivity index (χ0n) is 11.2. The summed E-state index contributed by atoms with van der Waals surface area (Å²) in [5.74, 6) is 0. The molecule has 0 bridgehead atoms. The summed E-state index contributed by atoms with van der Waals surface area (Å²) in [6, 6.07) is 0. The minimum absolute atomic E-state index is 0.225. The highest BCUT2D eigenvalue weighted by atomic mass is 79.9. The number of unbranched alkanes of at least 4 members (excludes halogenated alkanes) is 1. The lowest BCUT2D eigenvalue weighted by Gasteiger charge is -2.27. The van der Waals surface area contributed by atoms with Crippen molar-refractivity contribution in [2.75, 3.05) is 18.5 Å². The number of aromatic nitrogens is 2. The molecule has 7 heteroatoms. The highest BCUT2D eigenvalue weighted by molar-refractivity contribution is 9.10. The Hall–Kier alpha value is -0.920. The Morgan fingerprint density at radius 1 is 1.47 bits per heavy atom. The van der Waals surface area contributed by atoms with E-state index in [1.54, 1.807) is 6.92 Å². The van der Waals surface area contributed by atoms with Crippen LogP contribution in [-0.2, 0) is 6.54 Å². The van der Waals surface area contributed by atoms with Crippen molar-refractivity contribution in [1.82, 2.24) is 9.78 Å². The second-order valence-corrected chi connectivity index (χ2v) is 5.55. The van der Waals surface area contributed by atoms with Gasteiger partial charge in [0.2, 0.25) is 0 Å². The zero-order valence-corrected chi connectivity index (χ0v) is 12.8. The lowest BCUT2D eigenvalue weighted by Crippen LogP contribution is -2.43. The Morgan fingerprint density at radius 2 is 2.11 bits per heavy atom. The molecule has 1 aromatic heterocycles. The molecule has 0 aliphatic carbocycles. The van der Waals surface area contributed by atoms with Gasteiger partial charge < -0.3 is 15.5 Å². The molecule has 0 saturated carbocycles. The van der Waals surface area contributed by atoms with Crippen LogP contribution in [-0.4, -0.2) is 38.7 Å². The number of anilines is 1. The first-order valence-electron chi connectivity index (χ1n) is 6.23. The van der Waals surface area contributed by atoms with Gasteiger partial charge in [0.15, 0.2) is 0 Å². The number of halogens is 1. The molecule has 0 aliphatic heterocycles. The number of rotatable bonds is 7. The monoisotopic (exact) mass is 333 g/mol. The third kappa shape index (κ3) is 4.02. The van der Waals surface area contributed by atoms with Crippen LogP contribution in [0.2, 0.25) is 0 Å². The van der Waals surface area contributed by atoms with Crippen molar-refractivity contribution in [3.8, 4) is 0 Å². The Morgan fingerprint density at radius 3 is 2.63 bits per heavy atom. The molecule has 19 heavy (non-hydrogen) atoms.